The van der Waals surface area contributed by atoms with Gasteiger partial charge in [-0.3, -0.25) is 9.59 Å². The van der Waals surface area contributed by atoms with Crippen LogP contribution in [0.1, 0.15) is 17.4 Å². The van der Waals surface area contributed by atoms with Crippen LogP contribution in [-0.2, 0) is 4.79 Å². The average Bonchev–Trinajstić information content (AvgIpc) is 2.89. The molecule has 19 heavy (non-hydrogen) atoms. The molecule has 0 saturated carbocycles. The van der Waals surface area contributed by atoms with Crippen LogP contribution in [0.2, 0.25) is 0 Å². The average molecular weight is 260 g/mol. The van der Waals surface area contributed by atoms with Crippen LogP contribution < -0.4 is 5.32 Å². The van der Waals surface area contributed by atoms with E-state index in [1.165, 1.54) is 17.9 Å². The molecule has 1 aromatic carbocycles. The van der Waals surface area contributed by atoms with Crippen LogP contribution in [0.4, 0.5) is 0 Å². The van der Waals surface area contributed by atoms with Crippen LogP contribution in [-0.4, -0.2) is 38.0 Å². The van der Waals surface area contributed by atoms with Crippen molar-refractivity contribution in [1.29, 1.82) is 0 Å². The molecule has 0 radical (unpaired) electrons. The zero-order valence-electron chi connectivity index (χ0n) is 10.1. The van der Waals surface area contributed by atoms with E-state index >= 15 is 0 Å². The van der Waals surface area contributed by atoms with E-state index in [1.807, 2.05) is 18.2 Å². The lowest BCUT2D eigenvalue weighted by Gasteiger charge is -2.06. The van der Waals surface area contributed by atoms with Crippen molar-refractivity contribution in [3.63, 3.8) is 0 Å². The Morgan fingerprint density at radius 3 is 2.63 bits per heavy atom. The summed E-state index contributed by atoms with van der Waals surface area (Å²) in [6, 6.07) is 8.11. The molecule has 7 heteroatoms. The predicted octanol–water partition coefficient (Wildman–Crippen LogP) is 0.470. The highest BCUT2D eigenvalue weighted by molar-refractivity contribution is 5.94. The van der Waals surface area contributed by atoms with E-state index < -0.39 is 17.9 Å². The van der Waals surface area contributed by atoms with Crippen molar-refractivity contribution in [2.24, 2.45) is 0 Å². The summed E-state index contributed by atoms with van der Waals surface area (Å²) in [5.41, 5.74) is 0.782. The molecular weight excluding hydrogens is 248 g/mol. The first-order valence-electron chi connectivity index (χ1n) is 5.59. The molecule has 1 amide bonds. The Kier molecular flexibility index (Phi) is 3.56. The van der Waals surface area contributed by atoms with Crippen molar-refractivity contribution in [1.82, 2.24) is 20.3 Å². The number of hydrogen-bond acceptors (Lipinski definition) is 4. The van der Waals surface area contributed by atoms with Gasteiger partial charge in [0.1, 0.15) is 6.04 Å². The molecule has 0 aliphatic rings. The number of nitrogens with one attached hydrogen (secondary N) is 1. The monoisotopic (exact) mass is 260 g/mol. The third-order valence-electron chi connectivity index (χ3n) is 2.43. The summed E-state index contributed by atoms with van der Waals surface area (Å²) in [5.74, 6) is -1.68. The fraction of sp³-hybridized carbons (Fsp3) is 0.167. The molecule has 0 saturated heterocycles. The minimum absolute atomic E-state index is 0.0666. The van der Waals surface area contributed by atoms with Gasteiger partial charge in [-0.2, -0.15) is 9.90 Å². The van der Waals surface area contributed by atoms with Gasteiger partial charge in [-0.05, 0) is 19.1 Å². The van der Waals surface area contributed by atoms with Gasteiger partial charge in [0.2, 0.25) is 0 Å². The molecule has 0 spiro atoms. The number of aliphatic carboxylic acids is 1. The van der Waals surface area contributed by atoms with Gasteiger partial charge >= 0.3 is 5.97 Å². The molecule has 1 atom stereocenters. The Labute approximate surface area is 108 Å². The van der Waals surface area contributed by atoms with E-state index in [2.05, 4.69) is 15.5 Å². The third-order valence-corrected chi connectivity index (χ3v) is 2.43. The summed E-state index contributed by atoms with van der Waals surface area (Å²) >= 11 is 0. The van der Waals surface area contributed by atoms with Gasteiger partial charge in [-0.25, -0.2) is 0 Å². The summed E-state index contributed by atoms with van der Waals surface area (Å²) in [6.45, 7) is 1.38. The smallest absolute Gasteiger partial charge is 0.325 e. The second-order valence-corrected chi connectivity index (χ2v) is 3.89. The lowest BCUT2D eigenvalue weighted by Crippen LogP contribution is -2.38. The maximum atomic E-state index is 11.7. The molecule has 2 aromatic rings. The largest absolute Gasteiger partial charge is 0.480 e. The summed E-state index contributed by atoms with van der Waals surface area (Å²) in [4.78, 5) is 23.7. The maximum Gasteiger partial charge on any atom is 0.325 e. The number of carbonyl (C=O) groups excluding carboxylic acids is 1. The Balaban J connectivity index is 2.13. The van der Waals surface area contributed by atoms with Gasteiger partial charge in [0, 0.05) is 0 Å². The van der Waals surface area contributed by atoms with Gasteiger partial charge in [-0.1, -0.05) is 18.2 Å². The first kappa shape index (κ1) is 12.7. The van der Waals surface area contributed by atoms with Gasteiger partial charge in [0.25, 0.3) is 5.91 Å². The summed E-state index contributed by atoms with van der Waals surface area (Å²) in [5, 5.41) is 19.0. The molecule has 0 fully saturated rings. The Hall–Kier alpha value is -2.70. The molecule has 1 unspecified atom stereocenters. The van der Waals surface area contributed by atoms with Gasteiger partial charge in [0.15, 0.2) is 5.69 Å². The number of aromatic nitrogens is 3. The molecule has 0 aliphatic carbocycles. The van der Waals surface area contributed by atoms with Crippen molar-refractivity contribution >= 4 is 11.9 Å². The van der Waals surface area contributed by atoms with E-state index in [-0.39, 0.29) is 5.69 Å². The molecule has 1 aromatic heterocycles. The molecule has 1 heterocycles. The quantitative estimate of drug-likeness (QED) is 0.832. The minimum atomic E-state index is -1.11. The van der Waals surface area contributed by atoms with E-state index in [4.69, 9.17) is 5.11 Å². The number of rotatable bonds is 4. The van der Waals surface area contributed by atoms with Crippen LogP contribution in [0.3, 0.4) is 0 Å². The highest BCUT2D eigenvalue weighted by atomic mass is 16.4. The maximum absolute atomic E-state index is 11.7. The second kappa shape index (κ2) is 5.30. The number of amides is 1. The Bertz CT molecular complexity index is 594. The zero-order valence-corrected chi connectivity index (χ0v) is 10.1. The molecule has 2 rings (SSSR count). The standard InChI is InChI=1S/C12H12N4O3/c1-8(12(18)19)14-11(17)10-7-13-16(15-10)9-5-3-2-4-6-9/h2-8H,1H3,(H,14,17)(H,18,19). The fourth-order valence-corrected chi connectivity index (χ4v) is 1.39. The molecular formula is C12H12N4O3. The normalized spacial score (nSPS) is 11.8. The molecule has 98 valence electrons. The van der Waals surface area contributed by atoms with Crippen LogP contribution in [0.25, 0.3) is 5.69 Å². The number of nitrogens with zero attached hydrogens (tertiary/aromatic N) is 3. The van der Waals surface area contributed by atoms with Crippen LogP contribution in [0.15, 0.2) is 36.5 Å². The number of carboxylic acid groups (broad SMARTS) is 1. The number of hydrogen-bond donors (Lipinski definition) is 2. The molecule has 0 bridgehead atoms. The topological polar surface area (TPSA) is 97.1 Å². The van der Waals surface area contributed by atoms with Crippen molar-refractivity contribution < 1.29 is 14.7 Å². The van der Waals surface area contributed by atoms with E-state index in [1.54, 1.807) is 12.1 Å². The molecule has 2 N–H and O–H groups in total. The highest BCUT2D eigenvalue weighted by Crippen LogP contribution is 2.04. The van der Waals surface area contributed by atoms with Crippen LogP contribution >= 0.6 is 0 Å². The number of carbonyl (C=O) groups is 2. The molecule has 7 nitrogen and oxygen atoms in total. The fourth-order valence-electron chi connectivity index (χ4n) is 1.39. The second-order valence-electron chi connectivity index (χ2n) is 3.89. The Morgan fingerprint density at radius 2 is 2.00 bits per heavy atom. The minimum Gasteiger partial charge on any atom is -0.480 e. The Morgan fingerprint density at radius 1 is 1.32 bits per heavy atom. The number of para-hydroxylation sites is 1. The highest BCUT2D eigenvalue weighted by Gasteiger charge is 2.17. The summed E-state index contributed by atoms with van der Waals surface area (Å²) in [6.07, 6.45) is 1.29. The van der Waals surface area contributed by atoms with E-state index in [9.17, 15) is 9.59 Å². The number of carboxylic acids is 1. The van der Waals surface area contributed by atoms with Gasteiger partial charge in [0.05, 0.1) is 11.9 Å². The lowest BCUT2D eigenvalue weighted by atomic mass is 10.3. The third kappa shape index (κ3) is 2.95. The van der Waals surface area contributed by atoms with Crippen molar-refractivity contribution in [3.05, 3.63) is 42.2 Å². The van der Waals surface area contributed by atoms with Crippen LogP contribution in [0.5, 0.6) is 0 Å². The van der Waals surface area contributed by atoms with Crippen LogP contribution in [0, 0.1) is 0 Å². The van der Waals surface area contributed by atoms with Crippen molar-refractivity contribution in [3.8, 4) is 5.69 Å². The first-order valence-corrected chi connectivity index (χ1v) is 5.59. The van der Waals surface area contributed by atoms with E-state index in [0.29, 0.717) is 5.69 Å². The van der Waals surface area contributed by atoms with Gasteiger partial charge < -0.3 is 10.4 Å². The van der Waals surface area contributed by atoms with Crippen molar-refractivity contribution in [2.75, 3.05) is 0 Å². The first-order chi connectivity index (χ1) is 9.08. The molecule has 0 aliphatic heterocycles. The lowest BCUT2D eigenvalue weighted by molar-refractivity contribution is -0.138. The predicted molar refractivity (Wildman–Crippen MR) is 65.9 cm³/mol. The summed E-state index contributed by atoms with van der Waals surface area (Å²) in [7, 11) is 0. The number of benzene rings is 1. The zero-order chi connectivity index (χ0) is 13.8. The van der Waals surface area contributed by atoms with E-state index in [0.717, 1.165) is 0 Å². The summed E-state index contributed by atoms with van der Waals surface area (Å²) < 4.78 is 0. The van der Waals surface area contributed by atoms with Crippen molar-refractivity contribution in [2.45, 2.75) is 13.0 Å². The van der Waals surface area contributed by atoms with Gasteiger partial charge in [-0.15, -0.1) is 5.10 Å². The SMILES string of the molecule is CC(NC(=O)c1cnn(-c2ccccc2)n1)C(=O)O.